The maximum atomic E-state index is 11.9. The SMILES string of the molecule is CCOC(=O)OC(C)(C)C(=O)Oc1ccc([N+](=O)[O-])cc1. The highest BCUT2D eigenvalue weighted by Crippen LogP contribution is 2.20. The number of ether oxygens (including phenoxy) is 3. The molecule has 0 N–H and O–H groups in total. The number of carbonyl (C=O) groups is 2. The molecule has 0 fully saturated rings. The fourth-order valence-electron chi connectivity index (χ4n) is 1.26. The summed E-state index contributed by atoms with van der Waals surface area (Å²) in [5.74, 6) is -0.726. The summed E-state index contributed by atoms with van der Waals surface area (Å²) < 4.78 is 14.4. The first-order valence-electron chi connectivity index (χ1n) is 6.08. The van der Waals surface area contributed by atoms with Gasteiger partial charge in [0.25, 0.3) is 5.69 Å². The van der Waals surface area contributed by atoms with Crippen LogP contribution >= 0.6 is 0 Å². The molecule has 0 aliphatic rings. The summed E-state index contributed by atoms with van der Waals surface area (Å²) in [5.41, 5.74) is -1.68. The summed E-state index contributed by atoms with van der Waals surface area (Å²) in [5, 5.41) is 10.5. The second-order valence-corrected chi connectivity index (χ2v) is 4.44. The molecule has 1 aromatic rings. The van der Waals surface area contributed by atoms with Gasteiger partial charge in [-0.15, -0.1) is 0 Å². The molecule has 0 bridgehead atoms. The first-order chi connectivity index (χ1) is 9.76. The Morgan fingerprint density at radius 1 is 1.24 bits per heavy atom. The monoisotopic (exact) mass is 297 g/mol. The first kappa shape index (κ1) is 16.4. The Morgan fingerprint density at radius 2 is 1.81 bits per heavy atom. The average Bonchev–Trinajstić information content (AvgIpc) is 2.38. The molecule has 0 radical (unpaired) electrons. The van der Waals surface area contributed by atoms with Gasteiger partial charge in [0.15, 0.2) is 0 Å². The third-order valence-corrected chi connectivity index (χ3v) is 2.35. The van der Waals surface area contributed by atoms with Crippen molar-refractivity contribution in [2.24, 2.45) is 0 Å². The third kappa shape index (κ3) is 4.75. The molecule has 114 valence electrons. The van der Waals surface area contributed by atoms with Crippen molar-refractivity contribution in [1.29, 1.82) is 0 Å². The van der Waals surface area contributed by atoms with Gasteiger partial charge in [-0.05, 0) is 32.9 Å². The van der Waals surface area contributed by atoms with Gasteiger partial charge in [0, 0.05) is 12.1 Å². The van der Waals surface area contributed by atoms with Gasteiger partial charge < -0.3 is 14.2 Å². The van der Waals surface area contributed by atoms with Crippen LogP contribution in [0.1, 0.15) is 20.8 Å². The average molecular weight is 297 g/mol. The van der Waals surface area contributed by atoms with Crippen LogP contribution in [0.2, 0.25) is 0 Å². The second kappa shape index (κ2) is 6.69. The van der Waals surface area contributed by atoms with Crippen molar-refractivity contribution in [1.82, 2.24) is 0 Å². The van der Waals surface area contributed by atoms with E-state index in [0.717, 1.165) is 0 Å². The van der Waals surface area contributed by atoms with E-state index in [1.807, 2.05) is 0 Å². The lowest BCUT2D eigenvalue weighted by atomic mass is 10.1. The standard InChI is InChI=1S/C13H15NO7/c1-4-19-12(16)21-13(2,3)11(15)20-10-7-5-9(6-8-10)14(17)18/h5-8H,4H2,1-3H3. The summed E-state index contributed by atoms with van der Waals surface area (Å²) in [4.78, 5) is 33.0. The molecular formula is C13H15NO7. The van der Waals surface area contributed by atoms with Crippen LogP contribution in [0.25, 0.3) is 0 Å². The summed E-state index contributed by atoms with van der Waals surface area (Å²) in [6.45, 7) is 4.41. The molecule has 0 aliphatic heterocycles. The van der Waals surface area contributed by atoms with E-state index < -0.39 is 22.6 Å². The quantitative estimate of drug-likeness (QED) is 0.355. The van der Waals surface area contributed by atoms with Crippen LogP contribution in [0.4, 0.5) is 10.5 Å². The van der Waals surface area contributed by atoms with Crippen molar-refractivity contribution >= 4 is 17.8 Å². The van der Waals surface area contributed by atoms with Crippen LogP contribution in [0.5, 0.6) is 5.75 Å². The van der Waals surface area contributed by atoms with E-state index in [2.05, 4.69) is 4.74 Å². The third-order valence-electron chi connectivity index (χ3n) is 2.35. The number of rotatable bonds is 5. The zero-order valence-electron chi connectivity index (χ0n) is 11.8. The molecule has 21 heavy (non-hydrogen) atoms. The Labute approximate surface area is 120 Å². The lowest BCUT2D eigenvalue weighted by molar-refractivity contribution is -0.384. The largest absolute Gasteiger partial charge is 0.509 e. The minimum Gasteiger partial charge on any atom is -0.435 e. The van der Waals surface area contributed by atoms with Crippen LogP contribution in [0.3, 0.4) is 0 Å². The molecule has 1 aromatic carbocycles. The van der Waals surface area contributed by atoms with Crippen LogP contribution in [0.15, 0.2) is 24.3 Å². The van der Waals surface area contributed by atoms with Crippen LogP contribution in [0, 0.1) is 10.1 Å². The molecule has 0 aromatic heterocycles. The number of hydrogen-bond acceptors (Lipinski definition) is 7. The van der Waals surface area contributed by atoms with Crippen molar-refractivity contribution in [2.75, 3.05) is 6.61 Å². The Kier molecular flexibility index (Phi) is 5.23. The zero-order valence-corrected chi connectivity index (χ0v) is 11.8. The van der Waals surface area contributed by atoms with Gasteiger partial charge in [0.05, 0.1) is 11.5 Å². The van der Waals surface area contributed by atoms with Crippen molar-refractivity contribution < 1.29 is 28.7 Å². The van der Waals surface area contributed by atoms with Crippen LogP contribution in [-0.2, 0) is 14.3 Å². The minimum absolute atomic E-state index is 0.103. The summed E-state index contributed by atoms with van der Waals surface area (Å²) in [6.07, 6.45) is -0.983. The normalized spacial score (nSPS) is 10.6. The molecule has 8 nitrogen and oxygen atoms in total. The predicted octanol–water partition coefficient (Wildman–Crippen LogP) is 2.45. The number of benzene rings is 1. The van der Waals surface area contributed by atoms with Gasteiger partial charge in [-0.25, -0.2) is 9.59 Å². The lowest BCUT2D eigenvalue weighted by Crippen LogP contribution is -2.40. The molecule has 8 heteroatoms. The fraction of sp³-hybridized carbons (Fsp3) is 0.385. The first-order valence-corrected chi connectivity index (χ1v) is 6.08. The van der Waals surface area contributed by atoms with Gasteiger partial charge in [-0.1, -0.05) is 0 Å². The van der Waals surface area contributed by atoms with E-state index in [9.17, 15) is 19.7 Å². The number of nitrogens with zero attached hydrogens (tertiary/aromatic N) is 1. The second-order valence-electron chi connectivity index (χ2n) is 4.44. The number of carbonyl (C=O) groups excluding carboxylic acids is 2. The van der Waals surface area contributed by atoms with Crippen LogP contribution < -0.4 is 4.74 Å². The highest BCUT2D eigenvalue weighted by molar-refractivity contribution is 5.83. The van der Waals surface area contributed by atoms with Gasteiger partial charge >= 0.3 is 12.1 Å². The molecule has 0 amide bonds. The zero-order chi connectivity index (χ0) is 16.0. The Morgan fingerprint density at radius 3 is 2.29 bits per heavy atom. The minimum atomic E-state index is -1.55. The molecule has 0 atom stereocenters. The lowest BCUT2D eigenvalue weighted by Gasteiger charge is -2.22. The molecule has 1 rings (SSSR count). The summed E-state index contributed by atoms with van der Waals surface area (Å²) >= 11 is 0. The van der Waals surface area contributed by atoms with E-state index in [1.165, 1.54) is 38.1 Å². The predicted molar refractivity (Wildman–Crippen MR) is 70.9 cm³/mol. The number of hydrogen-bond donors (Lipinski definition) is 0. The fourth-order valence-corrected chi connectivity index (χ4v) is 1.26. The van der Waals surface area contributed by atoms with Crippen molar-refractivity contribution in [3.63, 3.8) is 0 Å². The van der Waals surface area contributed by atoms with Gasteiger partial charge in [0.1, 0.15) is 5.75 Å². The highest BCUT2D eigenvalue weighted by atomic mass is 16.7. The van der Waals surface area contributed by atoms with E-state index in [1.54, 1.807) is 6.92 Å². The maximum Gasteiger partial charge on any atom is 0.509 e. The molecular weight excluding hydrogens is 282 g/mol. The number of non-ortho nitro benzene ring substituents is 1. The van der Waals surface area contributed by atoms with E-state index in [-0.39, 0.29) is 18.0 Å². The maximum absolute atomic E-state index is 11.9. The Bertz CT molecular complexity index is 536. The van der Waals surface area contributed by atoms with Gasteiger partial charge in [0.2, 0.25) is 5.60 Å². The van der Waals surface area contributed by atoms with E-state index >= 15 is 0 Å². The van der Waals surface area contributed by atoms with Crippen molar-refractivity contribution in [3.8, 4) is 5.75 Å². The molecule has 0 unspecified atom stereocenters. The van der Waals surface area contributed by atoms with Gasteiger partial charge in [-0.3, -0.25) is 10.1 Å². The van der Waals surface area contributed by atoms with Crippen LogP contribution in [-0.4, -0.2) is 29.3 Å². The molecule has 0 aliphatic carbocycles. The van der Waals surface area contributed by atoms with E-state index in [0.29, 0.717) is 0 Å². The Hall–Kier alpha value is -2.64. The molecule has 0 saturated carbocycles. The summed E-state index contributed by atoms with van der Waals surface area (Å²) in [7, 11) is 0. The van der Waals surface area contributed by atoms with Gasteiger partial charge in [-0.2, -0.15) is 0 Å². The van der Waals surface area contributed by atoms with Crippen molar-refractivity contribution in [3.05, 3.63) is 34.4 Å². The Balaban J connectivity index is 2.70. The van der Waals surface area contributed by atoms with E-state index in [4.69, 9.17) is 9.47 Å². The molecule has 0 heterocycles. The topological polar surface area (TPSA) is 105 Å². The smallest absolute Gasteiger partial charge is 0.435 e. The highest BCUT2D eigenvalue weighted by Gasteiger charge is 2.35. The number of nitro groups is 1. The number of esters is 1. The number of nitro benzene ring substituents is 1. The molecule has 0 spiro atoms. The molecule has 0 saturated heterocycles. The van der Waals surface area contributed by atoms with Crippen molar-refractivity contribution in [2.45, 2.75) is 26.4 Å². The summed E-state index contributed by atoms with van der Waals surface area (Å²) in [6, 6.07) is 4.94.